The number of hydrogen-bond acceptors (Lipinski definition) is 4. The van der Waals surface area contributed by atoms with Gasteiger partial charge in [-0.2, -0.15) is 0 Å². The maximum absolute atomic E-state index is 12.3. The lowest BCUT2D eigenvalue weighted by Crippen LogP contribution is -2.30. The highest BCUT2D eigenvalue weighted by Crippen LogP contribution is 2.26. The number of amides is 1. The molecule has 1 aromatic heterocycles. The van der Waals surface area contributed by atoms with Crippen molar-refractivity contribution in [3.63, 3.8) is 0 Å². The van der Waals surface area contributed by atoms with E-state index in [1.165, 1.54) is 12.8 Å². The van der Waals surface area contributed by atoms with Crippen molar-refractivity contribution in [2.45, 2.75) is 32.1 Å². The molecule has 2 aliphatic rings. The monoisotopic (exact) mass is 288 g/mol. The second-order valence-corrected chi connectivity index (χ2v) is 6.01. The number of piperidine rings is 1. The Balaban J connectivity index is 1.62. The minimum Gasteiger partial charge on any atom is -0.355 e. The maximum atomic E-state index is 12.3. The third-order valence-corrected chi connectivity index (χ3v) is 4.40. The Morgan fingerprint density at radius 2 is 2.10 bits per heavy atom. The molecule has 1 amide bonds. The summed E-state index contributed by atoms with van der Waals surface area (Å²) in [5.74, 6) is 1.56. The summed E-state index contributed by atoms with van der Waals surface area (Å²) in [6.07, 6.45) is 7.03. The lowest BCUT2D eigenvalue weighted by Gasteiger charge is -2.23. The standard InChI is InChI=1S/C16H24N4O/c21-15(12-13-5-8-17-9-6-13)19-14-4-3-7-18-16(14)20-10-1-2-11-20/h3-4,7,13,17H,1-2,5-6,8-12H2,(H,19,21). The van der Waals surface area contributed by atoms with E-state index in [0.29, 0.717) is 12.3 Å². The number of nitrogens with one attached hydrogen (secondary N) is 2. The van der Waals surface area contributed by atoms with Crippen LogP contribution in [-0.2, 0) is 4.79 Å². The van der Waals surface area contributed by atoms with Crippen molar-refractivity contribution in [3.05, 3.63) is 18.3 Å². The summed E-state index contributed by atoms with van der Waals surface area (Å²) in [4.78, 5) is 19.0. The summed E-state index contributed by atoms with van der Waals surface area (Å²) < 4.78 is 0. The van der Waals surface area contributed by atoms with Crippen LogP contribution in [0.5, 0.6) is 0 Å². The molecule has 2 saturated heterocycles. The van der Waals surface area contributed by atoms with Crippen molar-refractivity contribution in [1.29, 1.82) is 0 Å². The SMILES string of the molecule is O=C(CC1CCNCC1)Nc1cccnc1N1CCCC1. The van der Waals surface area contributed by atoms with Crippen molar-refractivity contribution >= 4 is 17.4 Å². The molecule has 0 unspecified atom stereocenters. The van der Waals surface area contributed by atoms with E-state index in [2.05, 4.69) is 20.5 Å². The first-order valence-electron chi connectivity index (χ1n) is 8.03. The van der Waals surface area contributed by atoms with Crippen LogP contribution >= 0.6 is 0 Å². The van der Waals surface area contributed by atoms with Gasteiger partial charge in [-0.05, 0) is 56.8 Å². The summed E-state index contributed by atoms with van der Waals surface area (Å²) in [6, 6.07) is 3.85. The van der Waals surface area contributed by atoms with Gasteiger partial charge in [0.25, 0.3) is 0 Å². The van der Waals surface area contributed by atoms with Crippen molar-refractivity contribution in [1.82, 2.24) is 10.3 Å². The Morgan fingerprint density at radius 3 is 2.86 bits per heavy atom. The lowest BCUT2D eigenvalue weighted by atomic mass is 9.94. The molecule has 3 rings (SSSR count). The zero-order valence-electron chi connectivity index (χ0n) is 12.5. The molecule has 2 aliphatic heterocycles. The number of rotatable bonds is 4. The van der Waals surface area contributed by atoms with Gasteiger partial charge in [0.2, 0.25) is 5.91 Å². The predicted molar refractivity (Wildman–Crippen MR) is 84.5 cm³/mol. The van der Waals surface area contributed by atoms with E-state index in [9.17, 15) is 4.79 Å². The third kappa shape index (κ3) is 3.73. The zero-order chi connectivity index (χ0) is 14.5. The van der Waals surface area contributed by atoms with E-state index in [0.717, 1.165) is 50.5 Å². The van der Waals surface area contributed by atoms with Gasteiger partial charge in [-0.1, -0.05) is 0 Å². The molecule has 21 heavy (non-hydrogen) atoms. The fourth-order valence-electron chi connectivity index (χ4n) is 3.22. The Labute approximate surface area is 126 Å². The first-order chi connectivity index (χ1) is 10.3. The van der Waals surface area contributed by atoms with Crippen LogP contribution in [0.2, 0.25) is 0 Å². The smallest absolute Gasteiger partial charge is 0.224 e. The van der Waals surface area contributed by atoms with Crippen molar-refractivity contribution in [2.24, 2.45) is 5.92 Å². The molecule has 0 aromatic carbocycles. The summed E-state index contributed by atoms with van der Waals surface area (Å²) in [5.41, 5.74) is 0.860. The molecule has 1 aromatic rings. The van der Waals surface area contributed by atoms with Crippen LogP contribution in [-0.4, -0.2) is 37.1 Å². The normalized spacial score (nSPS) is 19.7. The van der Waals surface area contributed by atoms with Crippen LogP contribution in [0.3, 0.4) is 0 Å². The van der Waals surface area contributed by atoms with Gasteiger partial charge < -0.3 is 15.5 Å². The first kappa shape index (κ1) is 14.3. The molecular formula is C16H24N4O. The van der Waals surface area contributed by atoms with Gasteiger partial charge in [0.15, 0.2) is 5.82 Å². The molecule has 0 aliphatic carbocycles. The molecule has 5 heteroatoms. The quantitative estimate of drug-likeness (QED) is 0.890. The molecule has 0 spiro atoms. The topological polar surface area (TPSA) is 57.3 Å². The Hall–Kier alpha value is -1.62. The first-order valence-corrected chi connectivity index (χ1v) is 8.03. The number of anilines is 2. The Morgan fingerprint density at radius 1 is 1.33 bits per heavy atom. The second kappa shape index (κ2) is 6.89. The van der Waals surface area contributed by atoms with Crippen LogP contribution in [0, 0.1) is 5.92 Å². The van der Waals surface area contributed by atoms with Gasteiger partial charge in [-0.15, -0.1) is 0 Å². The minimum absolute atomic E-state index is 0.121. The van der Waals surface area contributed by atoms with E-state index in [1.807, 2.05) is 12.1 Å². The zero-order valence-corrected chi connectivity index (χ0v) is 12.5. The van der Waals surface area contributed by atoms with Crippen LogP contribution < -0.4 is 15.5 Å². The average molecular weight is 288 g/mol. The Bertz CT molecular complexity index is 479. The van der Waals surface area contributed by atoms with E-state index >= 15 is 0 Å². The van der Waals surface area contributed by atoms with Crippen molar-refractivity contribution in [2.75, 3.05) is 36.4 Å². The molecule has 114 valence electrons. The summed E-state index contributed by atoms with van der Waals surface area (Å²) in [5, 5.41) is 6.41. The van der Waals surface area contributed by atoms with Crippen LogP contribution in [0.25, 0.3) is 0 Å². The van der Waals surface area contributed by atoms with Crippen molar-refractivity contribution < 1.29 is 4.79 Å². The van der Waals surface area contributed by atoms with Gasteiger partial charge >= 0.3 is 0 Å². The molecule has 0 atom stereocenters. The van der Waals surface area contributed by atoms with Gasteiger partial charge in [0.05, 0.1) is 5.69 Å². The maximum Gasteiger partial charge on any atom is 0.224 e. The van der Waals surface area contributed by atoms with E-state index in [4.69, 9.17) is 0 Å². The number of aromatic nitrogens is 1. The summed E-state index contributed by atoms with van der Waals surface area (Å²) >= 11 is 0. The molecule has 2 N–H and O–H groups in total. The number of carbonyl (C=O) groups is 1. The third-order valence-electron chi connectivity index (χ3n) is 4.40. The lowest BCUT2D eigenvalue weighted by molar-refractivity contribution is -0.117. The largest absolute Gasteiger partial charge is 0.355 e. The Kier molecular flexibility index (Phi) is 4.70. The number of nitrogens with zero attached hydrogens (tertiary/aromatic N) is 2. The highest BCUT2D eigenvalue weighted by atomic mass is 16.1. The van der Waals surface area contributed by atoms with Crippen LogP contribution in [0.4, 0.5) is 11.5 Å². The summed E-state index contributed by atoms with van der Waals surface area (Å²) in [6.45, 7) is 4.14. The van der Waals surface area contributed by atoms with E-state index in [1.54, 1.807) is 6.20 Å². The minimum atomic E-state index is 0.121. The van der Waals surface area contributed by atoms with Crippen molar-refractivity contribution in [3.8, 4) is 0 Å². The van der Waals surface area contributed by atoms with Crippen LogP contribution in [0.15, 0.2) is 18.3 Å². The predicted octanol–water partition coefficient (Wildman–Crippen LogP) is 2.01. The number of hydrogen-bond donors (Lipinski definition) is 2. The number of pyridine rings is 1. The molecule has 5 nitrogen and oxygen atoms in total. The molecular weight excluding hydrogens is 264 g/mol. The molecule has 3 heterocycles. The summed E-state index contributed by atoms with van der Waals surface area (Å²) in [7, 11) is 0. The fraction of sp³-hybridized carbons (Fsp3) is 0.625. The van der Waals surface area contributed by atoms with Gasteiger partial charge in [0.1, 0.15) is 0 Å². The average Bonchev–Trinajstić information content (AvgIpc) is 3.03. The van der Waals surface area contributed by atoms with Gasteiger partial charge in [-0.3, -0.25) is 4.79 Å². The molecule has 2 fully saturated rings. The molecule has 0 radical (unpaired) electrons. The highest BCUT2D eigenvalue weighted by Gasteiger charge is 2.20. The second-order valence-electron chi connectivity index (χ2n) is 6.01. The molecule has 0 bridgehead atoms. The number of carbonyl (C=O) groups excluding carboxylic acids is 1. The van der Waals surface area contributed by atoms with Crippen LogP contribution in [0.1, 0.15) is 32.1 Å². The van der Waals surface area contributed by atoms with E-state index < -0.39 is 0 Å². The fourth-order valence-corrected chi connectivity index (χ4v) is 3.22. The van der Waals surface area contributed by atoms with Gasteiger partial charge in [0, 0.05) is 25.7 Å². The van der Waals surface area contributed by atoms with Gasteiger partial charge in [-0.25, -0.2) is 4.98 Å². The molecule has 0 saturated carbocycles. The van der Waals surface area contributed by atoms with E-state index in [-0.39, 0.29) is 5.91 Å². The highest BCUT2D eigenvalue weighted by molar-refractivity contribution is 5.93.